The number of carbonyl (C=O) groups excluding carboxylic acids is 1. The normalized spacial score (nSPS) is 12.3. The van der Waals surface area contributed by atoms with Crippen LogP contribution in [0, 0.1) is 18.3 Å². The molecule has 0 aliphatic heterocycles. The second-order valence-electron chi connectivity index (χ2n) is 7.63. The number of ether oxygens (including phenoxy) is 1. The van der Waals surface area contributed by atoms with Gasteiger partial charge in [0.25, 0.3) is 0 Å². The molecule has 0 saturated heterocycles. The highest BCUT2D eigenvalue weighted by molar-refractivity contribution is 5.79. The minimum Gasteiger partial charge on any atom is -0.449 e. The van der Waals surface area contributed by atoms with Crippen LogP contribution in [0.2, 0.25) is 0 Å². The topological polar surface area (TPSA) is 62.1 Å². The van der Waals surface area contributed by atoms with E-state index in [0.29, 0.717) is 25.1 Å². The molecule has 0 saturated carbocycles. The highest BCUT2D eigenvalue weighted by atomic mass is 16.5. The number of hydrogen-bond acceptors (Lipinski definition) is 3. The molecule has 4 nitrogen and oxygen atoms in total. The molecule has 1 aliphatic carbocycles. The Kier molecular flexibility index (Phi) is 6.14. The van der Waals surface area contributed by atoms with E-state index in [1.54, 1.807) is 0 Å². The van der Waals surface area contributed by atoms with Crippen molar-refractivity contribution in [3.05, 3.63) is 101 Å². The summed E-state index contributed by atoms with van der Waals surface area (Å²) in [5.74, 6) is 0.0673. The zero-order valence-electron chi connectivity index (χ0n) is 17.5. The number of hydrogen-bond donors (Lipinski definition) is 1. The zero-order valence-corrected chi connectivity index (χ0v) is 17.5. The Balaban J connectivity index is 1.27. The third-order valence-corrected chi connectivity index (χ3v) is 5.61. The first-order valence-corrected chi connectivity index (χ1v) is 10.4. The molecule has 0 radical (unpaired) electrons. The monoisotopic (exact) mass is 408 g/mol. The van der Waals surface area contributed by atoms with Crippen molar-refractivity contribution in [3.63, 3.8) is 0 Å². The van der Waals surface area contributed by atoms with Gasteiger partial charge >= 0.3 is 6.09 Å². The van der Waals surface area contributed by atoms with Crippen LogP contribution in [0.3, 0.4) is 0 Å². The van der Waals surface area contributed by atoms with Crippen molar-refractivity contribution < 1.29 is 9.53 Å². The highest BCUT2D eigenvalue weighted by Gasteiger charge is 2.28. The third-order valence-electron chi connectivity index (χ3n) is 5.61. The third kappa shape index (κ3) is 4.51. The first-order valence-electron chi connectivity index (χ1n) is 10.4. The van der Waals surface area contributed by atoms with Gasteiger partial charge in [0, 0.05) is 12.5 Å². The van der Waals surface area contributed by atoms with Crippen molar-refractivity contribution in [2.75, 3.05) is 13.2 Å². The van der Waals surface area contributed by atoms with E-state index in [9.17, 15) is 4.79 Å². The van der Waals surface area contributed by atoms with Crippen molar-refractivity contribution in [2.24, 2.45) is 0 Å². The Morgan fingerprint density at radius 2 is 1.74 bits per heavy atom. The lowest BCUT2D eigenvalue weighted by atomic mass is 9.98. The smallest absolute Gasteiger partial charge is 0.407 e. The summed E-state index contributed by atoms with van der Waals surface area (Å²) in [6.45, 7) is 2.75. The maximum atomic E-state index is 12.2. The Morgan fingerprint density at radius 1 is 1.06 bits per heavy atom. The fourth-order valence-electron chi connectivity index (χ4n) is 4.04. The van der Waals surface area contributed by atoms with Crippen LogP contribution in [0.15, 0.2) is 72.8 Å². The van der Waals surface area contributed by atoms with Crippen LogP contribution in [-0.4, -0.2) is 19.2 Å². The van der Waals surface area contributed by atoms with Crippen LogP contribution in [-0.2, 0) is 4.74 Å². The van der Waals surface area contributed by atoms with E-state index < -0.39 is 6.09 Å². The fraction of sp³-hybridized carbons (Fsp3) is 0.185. The van der Waals surface area contributed by atoms with E-state index in [1.165, 1.54) is 22.3 Å². The van der Waals surface area contributed by atoms with Crippen molar-refractivity contribution in [1.82, 2.24) is 5.32 Å². The highest BCUT2D eigenvalue weighted by Crippen LogP contribution is 2.44. The van der Waals surface area contributed by atoms with Gasteiger partial charge in [-0.2, -0.15) is 5.26 Å². The van der Waals surface area contributed by atoms with Crippen LogP contribution in [0.25, 0.3) is 17.2 Å². The molecule has 1 N–H and O–H groups in total. The van der Waals surface area contributed by atoms with Gasteiger partial charge in [-0.25, -0.2) is 4.79 Å². The standard InChI is InChI=1S/C27H24N2O2/c1-19-16-20(13-14-21(19)17-28)8-6-7-15-29-27(30)31-18-26-24-11-4-2-9-22(24)23-10-3-5-12-25(23)26/h2-6,8-14,16,26H,7,15,18H2,1H3,(H,29,30). The summed E-state index contributed by atoms with van der Waals surface area (Å²) >= 11 is 0. The molecule has 31 heavy (non-hydrogen) atoms. The average Bonchev–Trinajstić information content (AvgIpc) is 3.11. The number of nitrogens with one attached hydrogen (secondary N) is 1. The molecule has 154 valence electrons. The Labute approximate surface area is 182 Å². The molecular formula is C27H24N2O2. The molecule has 0 heterocycles. The largest absolute Gasteiger partial charge is 0.449 e. The molecule has 0 bridgehead atoms. The summed E-state index contributed by atoms with van der Waals surface area (Å²) in [7, 11) is 0. The molecular weight excluding hydrogens is 384 g/mol. The number of carbonyl (C=O) groups is 1. The molecule has 1 aliphatic rings. The molecule has 4 rings (SSSR count). The number of alkyl carbamates (subject to hydrolysis) is 1. The van der Waals surface area contributed by atoms with Crippen LogP contribution >= 0.6 is 0 Å². The Morgan fingerprint density at radius 3 is 2.39 bits per heavy atom. The number of rotatable bonds is 6. The first kappa shape index (κ1) is 20.4. The Hall–Kier alpha value is -3.84. The van der Waals surface area contributed by atoms with Crippen LogP contribution in [0.1, 0.15) is 40.2 Å². The number of amides is 1. The number of fused-ring (bicyclic) bond motifs is 3. The zero-order chi connectivity index (χ0) is 21.6. The van der Waals surface area contributed by atoms with Gasteiger partial charge in [0.2, 0.25) is 0 Å². The maximum absolute atomic E-state index is 12.2. The second-order valence-corrected chi connectivity index (χ2v) is 7.63. The maximum Gasteiger partial charge on any atom is 0.407 e. The van der Waals surface area contributed by atoms with Crippen molar-refractivity contribution in [2.45, 2.75) is 19.3 Å². The average molecular weight is 409 g/mol. The van der Waals surface area contributed by atoms with Crippen LogP contribution < -0.4 is 5.32 Å². The summed E-state index contributed by atoms with van der Waals surface area (Å²) in [6.07, 6.45) is 4.30. The lowest BCUT2D eigenvalue weighted by Crippen LogP contribution is -2.26. The van der Waals surface area contributed by atoms with Gasteiger partial charge in [0.1, 0.15) is 6.61 Å². The minimum absolute atomic E-state index is 0.0673. The molecule has 0 aromatic heterocycles. The molecule has 3 aromatic carbocycles. The molecule has 4 heteroatoms. The second kappa shape index (κ2) is 9.32. The van der Waals surface area contributed by atoms with Crippen molar-refractivity contribution in [1.29, 1.82) is 5.26 Å². The lowest BCUT2D eigenvalue weighted by Gasteiger charge is -2.14. The summed E-state index contributed by atoms with van der Waals surface area (Å²) in [5, 5.41) is 11.8. The van der Waals surface area contributed by atoms with E-state index >= 15 is 0 Å². The predicted octanol–water partition coefficient (Wildman–Crippen LogP) is 5.81. The molecule has 0 fully saturated rings. The Bertz CT molecular complexity index is 1130. The lowest BCUT2D eigenvalue weighted by molar-refractivity contribution is 0.143. The number of benzene rings is 3. The van der Waals surface area contributed by atoms with Gasteiger partial charge in [-0.05, 0) is 52.8 Å². The first-order chi connectivity index (χ1) is 15.2. The van der Waals surface area contributed by atoms with Crippen molar-refractivity contribution in [3.8, 4) is 17.2 Å². The quantitative estimate of drug-likeness (QED) is 0.524. The number of aryl methyl sites for hydroxylation is 1. The molecule has 0 unspecified atom stereocenters. The SMILES string of the molecule is Cc1cc(C=CCCNC(=O)OCC2c3ccccc3-c3ccccc32)ccc1C#N. The summed E-state index contributed by atoms with van der Waals surface area (Å²) in [4.78, 5) is 12.2. The predicted molar refractivity (Wildman–Crippen MR) is 123 cm³/mol. The van der Waals surface area contributed by atoms with Crippen LogP contribution in [0.5, 0.6) is 0 Å². The van der Waals surface area contributed by atoms with Gasteiger partial charge in [-0.15, -0.1) is 0 Å². The van der Waals surface area contributed by atoms with E-state index in [1.807, 2.05) is 61.5 Å². The summed E-state index contributed by atoms with van der Waals surface area (Å²) in [6, 6.07) is 24.5. The van der Waals surface area contributed by atoms with Gasteiger partial charge in [-0.3, -0.25) is 0 Å². The minimum atomic E-state index is -0.399. The molecule has 1 amide bonds. The van der Waals surface area contributed by atoms with E-state index in [4.69, 9.17) is 10.00 Å². The molecule has 3 aromatic rings. The molecule has 0 spiro atoms. The number of nitriles is 1. The van der Waals surface area contributed by atoms with E-state index in [2.05, 4.69) is 35.7 Å². The summed E-state index contributed by atoms with van der Waals surface area (Å²) in [5.41, 5.74) is 7.54. The molecule has 0 atom stereocenters. The summed E-state index contributed by atoms with van der Waals surface area (Å²) < 4.78 is 5.54. The number of nitrogens with zero attached hydrogens (tertiary/aromatic N) is 1. The van der Waals surface area contributed by atoms with Crippen molar-refractivity contribution >= 4 is 12.2 Å². The van der Waals surface area contributed by atoms with Gasteiger partial charge in [-0.1, -0.05) is 72.8 Å². The van der Waals surface area contributed by atoms with E-state index in [0.717, 1.165) is 11.1 Å². The van der Waals surface area contributed by atoms with Crippen LogP contribution in [0.4, 0.5) is 4.79 Å². The van der Waals surface area contributed by atoms with Gasteiger partial charge in [0.05, 0.1) is 11.6 Å². The van der Waals surface area contributed by atoms with Gasteiger partial charge in [0.15, 0.2) is 0 Å². The fourth-order valence-corrected chi connectivity index (χ4v) is 4.04. The van der Waals surface area contributed by atoms with Gasteiger partial charge < -0.3 is 10.1 Å². The van der Waals surface area contributed by atoms with E-state index in [-0.39, 0.29) is 5.92 Å².